The molecule has 1 aliphatic rings. The summed E-state index contributed by atoms with van der Waals surface area (Å²) in [4.78, 5) is 16.9. The first-order chi connectivity index (χ1) is 16.6. The highest BCUT2D eigenvalue weighted by atomic mass is 19.4. The van der Waals surface area contributed by atoms with Crippen LogP contribution in [0.25, 0.3) is 5.65 Å². The van der Waals surface area contributed by atoms with Crippen LogP contribution in [0.15, 0.2) is 12.3 Å². The average Bonchev–Trinajstić information content (AvgIpc) is 3.33. The van der Waals surface area contributed by atoms with Crippen LogP contribution in [0, 0.1) is 5.41 Å². The number of nitrogens with one attached hydrogen (secondary N) is 2. The van der Waals surface area contributed by atoms with Crippen molar-refractivity contribution in [3.63, 3.8) is 0 Å². The van der Waals surface area contributed by atoms with E-state index in [1.807, 2.05) is 0 Å². The topological polar surface area (TPSA) is 101 Å². The summed E-state index contributed by atoms with van der Waals surface area (Å²) in [5.41, 5.74) is -2.84. The number of aromatic nitrogens is 5. The maximum atomic E-state index is 13.7. The molecule has 0 aromatic carbocycles. The van der Waals surface area contributed by atoms with Crippen LogP contribution in [-0.4, -0.2) is 36.1 Å². The average molecular weight is 515 g/mol. The molecule has 3 aromatic rings. The SMILES string of the molecule is CC(C)(C)c1cc(C(F)(F)F)n2ncc(C(=N)NC(=O)Cn3nc(C(F)(F)F)c4c3CCCC4)c2n1. The van der Waals surface area contributed by atoms with Gasteiger partial charge in [-0.15, -0.1) is 0 Å². The van der Waals surface area contributed by atoms with Gasteiger partial charge in [0.2, 0.25) is 5.91 Å². The fraction of sp³-hybridized carbons (Fsp3) is 0.500. The summed E-state index contributed by atoms with van der Waals surface area (Å²) in [7, 11) is 0. The number of hydrogen-bond acceptors (Lipinski definition) is 5. The van der Waals surface area contributed by atoms with Crippen LogP contribution in [0.5, 0.6) is 0 Å². The molecular weight excluding hydrogens is 492 g/mol. The number of hydrogen-bond donors (Lipinski definition) is 2. The first-order valence-electron chi connectivity index (χ1n) is 11.1. The number of amides is 1. The highest BCUT2D eigenvalue weighted by molar-refractivity contribution is 6.09. The molecule has 3 aromatic heterocycles. The zero-order valence-corrected chi connectivity index (χ0v) is 19.6. The van der Waals surface area contributed by atoms with E-state index in [1.165, 1.54) is 0 Å². The second-order valence-electron chi connectivity index (χ2n) is 9.63. The standard InChI is InChI=1S/C22H23F6N7O/c1-20(2,3)14-8-15(21(23,24)25)35-19(31-14)12(9-30-35)18(29)32-16(36)10-34-13-7-5-4-6-11(13)17(33-34)22(26,27)28/h8-9H,4-7,10H2,1-3H3,(H2,29,32,36). The Morgan fingerprint density at radius 3 is 2.36 bits per heavy atom. The summed E-state index contributed by atoms with van der Waals surface area (Å²) in [6.45, 7) is 4.44. The molecule has 1 amide bonds. The minimum absolute atomic E-state index is 0.0674. The van der Waals surface area contributed by atoms with Gasteiger partial charge in [-0.05, 0) is 31.7 Å². The molecule has 0 unspecified atom stereocenters. The molecule has 0 saturated carbocycles. The summed E-state index contributed by atoms with van der Waals surface area (Å²) in [6, 6.07) is 0.880. The van der Waals surface area contributed by atoms with E-state index in [9.17, 15) is 31.1 Å². The van der Waals surface area contributed by atoms with Gasteiger partial charge in [0.1, 0.15) is 18.1 Å². The molecule has 194 valence electrons. The monoisotopic (exact) mass is 515 g/mol. The van der Waals surface area contributed by atoms with Gasteiger partial charge >= 0.3 is 12.4 Å². The Morgan fingerprint density at radius 1 is 1.08 bits per heavy atom. The normalized spacial score (nSPS) is 14.7. The van der Waals surface area contributed by atoms with E-state index in [-0.39, 0.29) is 28.9 Å². The second-order valence-corrected chi connectivity index (χ2v) is 9.63. The van der Waals surface area contributed by atoms with Crippen molar-refractivity contribution >= 4 is 17.4 Å². The van der Waals surface area contributed by atoms with Crippen molar-refractivity contribution in [1.82, 2.24) is 29.7 Å². The molecule has 2 N–H and O–H groups in total. The number of alkyl halides is 6. The Kier molecular flexibility index (Phi) is 6.12. The van der Waals surface area contributed by atoms with Crippen molar-refractivity contribution in [2.24, 2.45) is 0 Å². The molecular formula is C22H23F6N7O. The molecule has 14 heteroatoms. The van der Waals surface area contributed by atoms with Gasteiger partial charge in [0.15, 0.2) is 11.3 Å². The van der Waals surface area contributed by atoms with Gasteiger partial charge < -0.3 is 5.32 Å². The number of rotatable bonds is 3. The van der Waals surface area contributed by atoms with Gasteiger partial charge in [-0.3, -0.25) is 14.9 Å². The fourth-order valence-electron chi connectivity index (χ4n) is 4.14. The van der Waals surface area contributed by atoms with Crippen molar-refractivity contribution in [1.29, 1.82) is 5.41 Å². The molecule has 4 rings (SSSR count). The van der Waals surface area contributed by atoms with Gasteiger partial charge in [0.05, 0.1) is 17.5 Å². The maximum absolute atomic E-state index is 13.7. The first-order valence-corrected chi connectivity index (χ1v) is 11.1. The molecule has 1 aliphatic carbocycles. The van der Waals surface area contributed by atoms with Gasteiger partial charge in [0.25, 0.3) is 0 Å². The van der Waals surface area contributed by atoms with Crippen LogP contribution in [-0.2, 0) is 41.9 Å². The van der Waals surface area contributed by atoms with Gasteiger partial charge in [-0.2, -0.15) is 36.5 Å². The third-order valence-corrected chi connectivity index (χ3v) is 5.88. The van der Waals surface area contributed by atoms with E-state index in [0.29, 0.717) is 29.5 Å². The van der Waals surface area contributed by atoms with E-state index >= 15 is 0 Å². The molecule has 0 aliphatic heterocycles. The lowest BCUT2D eigenvalue weighted by molar-refractivity contribution is -0.143. The van der Waals surface area contributed by atoms with Crippen molar-refractivity contribution in [3.05, 3.63) is 46.2 Å². The summed E-state index contributed by atoms with van der Waals surface area (Å²) in [5.74, 6) is -1.44. The smallest absolute Gasteiger partial charge is 0.309 e. The summed E-state index contributed by atoms with van der Waals surface area (Å²) < 4.78 is 82.7. The number of amidine groups is 1. The molecule has 0 saturated heterocycles. The largest absolute Gasteiger partial charge is 0.435 e. The Labute approximate surface area is 201 Å². The Bertz CT molecular complexity index is 1340. The zero-order valence-electron chi connectivity index (χ0n) is 19.6. The third-order valence-electron chi connectivity index (χ3n) is 5.88. The van der Waals surface area contributed by atoms with Crippen molar-refractivity contribution in [3.8, 4) is 0 Å². The second kappa shape index (κ2) is 8.59. The molecule has 0 radical (unpaired) electrons. The van der Waals surface area contributed by atoms with Crippen LogP contribution >= 0.6 is 0 Å². The van der Waals surface area contributed by atoms with Gasteiger partial charge in [-0.1, -0.05) is 20.8 Å². The number of carbonyl (C=O) groups excluding carboxylic acids is 1. The third kappa shape index (κ3) is 4.80. The van der Waals surface area contributed by atoms with E-state index in [1.54, 1.807) is 20.8 Å². The quantitative estimate of drug-likeness (QED) is 0.309. The summed E-state index contributed by atoms with van der Waals surface area (Å²) in [6.07, 6.45) is -6.69. The van der Waals surface area contributed by atoms with Crippen molar-refractivity contribution in [2.75, 3.05) is 0 Å². The molecule has 36 heavy (non-hydrogen) atoms. The van der Waals surface area contributed by atoms with E-state index in [4.69, 9.17) is 5.41 Å². The Balaban J connectivity index is 1.64. The van der Waals surface area contributed by atoms with Crippen LogP contribution < -0.4 is 5.32 Å². The predicted molar refractivity (Wildman–Crippen MR) is 116 cm³/mol. The molecule has 8 nitrogen and oxygen atoms in total. The molecule has 0 fully saturated rings. The van der Waals surface area contributed by atoms with Crippen molar-refractivity contribution in [2.45, 2.75) is 70.8 Å². The van der Waals surface area contributed by atoms with E-state index < -0.39 is 47.4 Å². The first kappa shape index (κ1) is 25.6. The molecule has 0 spiro atoms. The maximum Gasteiger partial charge on any atom is 0.435 e. The Morgan fingerprint density at radius 2 is 1.75 bits per heavy atom. The summed E-state index contributed by atoms with van der Waals surface area (Å²) in [5, 5.41) is 17.8. The minimum Gasteiger partial charge on any atom is -0.309 e. The highest BCUT2D eigenvalue weighted by Gasteiger charge is 2.40. The fourth-order valence-corrected chi connectivity index (χ4v) is 4.14. The lowest BCUT2D eigenvalue weighted by Crippen LogP contribution is -2.34. The number of carbonyl (C=O) groups is 1. The lowest BCUT2D eigenvalue weighted by atomic mass is 9.91. The lowest BCUT2D eigenvalue weighted by Gasteiger charge is -2.20. The highest BCUT2D eigenvalue weighted by Crippen LogP contribution is 2.36. The van der Waals surface area contributed by atoms with E-state index in [0.717, 1.165) is 16.9 Å². The molecule has 3 heterocycles. The number of fused-ring (bicyclic) bond motifs is 2. The molecule has 0 atom stereocenters. The van der Waals surface area contributed by atoms with Crippen LogP contribution in [0.1, 0.15) is 67.5 Å². The minimum atomic E-state index is -4.76. The zero-order chi connectivity index (χ0) is 26.6. The van der Waals surface area contributed by atoms with Crippen LogP contribution in [0.4, 0.5) is 26.3 Å². The van der Waals surface area contributed by atoms with Crippen LogP contribution in [0.2, 0.25) is 0 Å². The van der Waals surface area contributed by atoms with Crippen LogP contribution in [0.3, 0.4) is 0 Å². The van der Waals surface area contributed by atoms with Gasteiger partial charge in [0, 0.05) is 16.7 Å². The summed E-state index contributed by atoms with van der Waals surface area (Å²) >= 11 is 0. The predicted octanol–water partition coefficient (Wildman–Crippen LogP) is 4.28. The number of nitrogens with zero attached hydrogens (tertiary/aromatic N) is 5. The Hall–Kier alpha value is -3.45. The number of halogens is 6. The van der Waals surface area contributed by atoms with Gasteiger partial charge in [-0.25, -0.2) is 9.50 Å². The van der Waals surface area contributed by atoms with Crippen molar-refractivity contribution < 1.29 is 31.1 Å². The van der Waals surface area contributed by atoms with E-state index in [2.05, 4.69) is 20.5 Å². The molecule has 0 bridgehead atoms.